The van der Waals surface area contributed by atoms with Crippen molar-refractivity contribution in [3.8, 4) is 0 Å². The minimum absolute atomic E-state index is 0.0783. The molecule has 0 amide bonds. The highest BCUT2D eigenvalue weighted by molar-refractivity contribution is 5.72. The van der Waals surface area contributed by atoms with Gasteiger partial charge in [-0.2, -0.15) is 0 Å². The summed E-state index contributed by atoms with van der Waals surface area (Å²) < 4.78 is 11.1. The van der Waals surface area contributed by atoms with Crippen LogP contribution >= 0.6 is 0 Å². The SMILES string of the molecule is CCOC(=O)[C@H](CCc1ccccc1)C[C@@H](C)COCc1ccccc1. The maximum Gasteiger partial charge on any atom is 0.308 e. The van der Waals surface area contributed by atoms with Crippen molar-refractivity contribution in [3.05, 3.63) is 71.8 Å². The van der Waals surface area contributed by atoms with Crippen LogP contribution in [-0.4, -0.2) is 19.2 Å². The Labute approximate surface area is 157 Å². The Morgan fingerprint density at radius 2 is 1.58 bits per heavy atom. The summed E-state index contributed by atoms with van der Waals surface area (Å²) in [6.07, 6.45) is 2.49. The van der Waals surface area contributed by atoms with Gasteiger partial charge < -0.3 is 9.47 Å². The van der Waals surface area contributed by atoms with Gasteiger partial charge in [-0.1, -0.05) is 67.6 Å². The molecule has 2 atom stereocenters. The van der Waals surface area contributed by atoms with E-state index < -0.39 is 0 Å². The molecular formula is C23H30O3. The van der Waals surface area contributed by atoms with Crippen LogP contribution in [0.2, 0.25) is 0 Å². The molecule has 0 aliphatic rings. The van der Waals surface area contributed by atoms with Crippen LogP contribution in [0.5, 0.6) is 0 Å². The molecule has 2 aromatic carbocycles. The third kappa shape index (κ3) is 7.40. The lowest BCUT2D eigenvalue weighted by molar-refractivity contribution is -0.149. The second kappa shape index (κ2) is 11.5. The Bertz CT molecular complexity index is 624. The van der Waals surface area contributed by atoms with Crippen molar-refractivity contribution in [2.45, 2.75) is 39.7 Å². The fourth-order valence-electron chi connectivity index (χ4n) is 3.08. The average Bonchev–Trinajstić information content (AvgIpc) is 2.67. The van der Waals surface area contributed by atoms with Crippen LogP contribution in [0.25, 0.3) is 0 Å². The summed E-state index contributed by atoms with van der Waals surface area (Å²) in [5.74, 6) is 0.146. The van der Waals surface area contributed by atoms with E-state index in [1.165, 1.54) is 11.1 Å². The molecule has 0 heterocycles. The van der Waals surface area contributed by atoms with Crippen LogP contribution in [0.1, 0.15) is 37.8 Å². The highest BCUT2D eigenvalue weighted by atomic mass is 16.5. The summed E-state index contributed by atoms with van der Waals surface area (Å²) in [6, 6.07) is 20.5. The van der Waals surface area contributed by atoms with Gasteiger partial charge >= 0.3 is 5.97 Å². The van der Waals surface area contributed by atoms with Gasteiger partial charge in [0, 0.05) is 6.61 Å². The van der Waals surface area contributed by atoms with Crippen molar-refractivity contribution < 1.29 is 14.3 Å². The second-order valence-corrected chi connectivity index (χ2v) is 6.81. The lowest BCUT2D eigenvalue weighted by atomic mass is 9.91. The molecule has 0 saturated carbocycles. The van der Waals surface area contributed by atoms with E-state index in [1.807, 2.05) is 43.3 Å². The Hall–Kier alpha value is -2.13. The van der Waals surface area contributed by atoms with Gasteiger partial charge in [-0.05, 0) is 43.2 Å². The van der Waals surface area contributed by atoms with Crippen LogP contribution < -0.4 is 0 Å². The van der Waals surface area contributed by atoms with Gasteiger partial charge in [-0.25, -0.2) is 0 Å². The normalized spacial score (nSPS) is 13.2. The van der Waals surface area contributed by atoms with Crippen molar-refractivity contribution in [1.82, 2.24) is 0 Å². The third-order valence-corrected chi connectivity index (χ3v) is 4.45. The summed E-state index contributed by atoms with van der Waals surface area (Å²) in [6.45, 7) is 5.69. The Kier molecular flexibility index (Phi) is 8.91. The molecule has 0 bridgehead atoms. The molecule has 2 aromatic rings. The molecule has 26 heavy (non-hydrogen) atoms. The Balaban J connectivity index is 1.81. The second-order valence-electron chi connectivity index (χ2n) is 6.81. The topological polar surface area (TPSA) is 35.5 Å². The molecule has 140 valence electrons. The molecule has 3 nitrogen and oxygen atoms in total. The van der Waals surface area contributed by atoms with E-state index in [0.717, 1.165) is 19.3 Å². The first kappa shape index (κ1) is 20.2. The first-order chi connectivity index (χ1) is 12.7. The van der Waals surface area contributed by atoms with Crippen molar-refractivity contribution in [2.75, 3.05) is 13.2 Å². The van der Waals surface area contributed by atoms with Crippen LogP contribution in [0, 0.1) is 11.8 Å². The molecule has 0 unspecified atom stereocenters. The highest BCUT2D eigenvalue weighted by Crippen LogP contribution is 2.21. The number of hydrogen-bond donors (Lipinski definition) is 0. The molecule has 3 heteroatoms. The van der Waals surface area contributed by atoms with Crippen molar-refractivity contribution in [1.29, 1.82) is 0 Å². The van der Waals surface area contributed by atoms with Gasteiger partial charge in [0.1, 0.15) is 0 Å². The molecule has 0 N–H and O–H groups in total. The largest absolute Gasteiger partial charge is 0.466 e. The van der Waals surface area contributed by atoms with E-state index in [0.29, 0.717) is 25.7 Å². The van der Waals surface area contributed by atoms with E-state index >= 15 is 0 Å². The maximum atomic E-state index is 12.3. The first-order valence-corrected chi connectivity index (χ1v) is 9.51. The first-order valence-electron chi connectivity index (χ1n) is 9.51. The zero-order valence-corrected chi connectivity index (χ0v) is 15.9. The fourth-order valence-corrected chi connectivity index (χ4v) is 3.08. The molecule has 2 rings (SSSR count). The Morgan fingerprint density at radius 1 is 0.962 bits per heavy atom. The summed E-state index contributed by atoms with van der Waals surface area (Å²) in [4.78, 5) is 12.3. The number of carbonyl (C=O) groups excluding carboxylic acids is 1. The van der Waals surface area contributed by atoms with Gasteiger partial charge in [-0.15, -0.1) is 0 Å². The van der Waals surface area contributed by atoms with Gasteiger partial charge in [0.15, 0.2) is 0 Å². The number of hydrogen-bond acceptors (Lipinski definition) is 3. The monoisotopic (exact) mass is 354 g/mol. The predicted molar refractivity (Wildman–Crippen MR) is 105 cm³/mol. The predicted octanol–water partition coefficient (Wildman–Crippen LogP) is 5.04. The minimum Gasteiger partial charge on any atom is -0.466 e. The van der Waals surface area contributed by atoms with Crippen molar-refractivity contribution in [3.63, 3.8) is 0 Å². The molecule has 0 saturated heterocycles. The molecule has 0 spiro atoms. The van der Waals surface area contributed by atoms with Gasteiger partial charge in [-0.3, -0.25) is 4.79 Å². The molecule has 0 aliphatic heterocycles. The van der Waals surface area contributed by atoms with E-state index in [9.17, 15) is 4.79 Å². The maximum absolute atomic E-state index is 12.3. The molecule has 0 aromatic heterocycles. The quantitative estimate of drug-likeness (QED) is 0.530. The summed E-state index contributed by atoms with van der Waals surface area (Å²) in [5.41, 5.74) is 2.43. The van der Waals surface area contributed by atoms with Gasteiger partial charge in [0.05, 0.1) is 19.1 Å². The van der Waals surface area contributed by atoms with Gasteiger partial charge in [0.25, 0.3) is 0 Å². The van der Waals surface area contributed by atoms with Crippen LogP contribution in [0.3, 0.4) is 0 Å². The minimum atomic E-state index is -0.0849. The van der Waals surface area contributed by atoms with E-state index in [1.54, 1.807) is 0 Å². The molecule has 0 aliphatic carbocycles. The zero-order chi connectivity index (χ0) is 18.6. The smallest absolute Gasteiger partial charge is 0.308 e. The number of esters is 1. The van der Waals surface area contributed by atoms with Crippen molar-refractivity contribution in [2.24, 2.45) is 11.8 Å². The zero-order valence-electron chi connectivity index (χ0n) is 15.9. The third-order valence-electron chi connectivity index (χ3n) is 4.45. The lowest BCUT2D eigenvalue weighted by Crippen LogP contribution is -2.22. The Morgan fingerprint density at radius 3 is 2.19 bits per heavy atom. The van der Waals surface area contributed by atoms with E-state index in [-0.39, 0.29) is 11.9 Å². The summed E-state index contributed by atoms with van der Waals surface area (Å²) in [5, 5.41) is 0. The highest BCUT2D eigenvalue weighted by Gasteiger charge is 2.22. The summed E-state index contributed by atoms with van der Waals surface area (Å²) >= 11 is 0. The average molecular weight is 354 g/mol. The number of ether oxygens (including phenoxy) is 2. The lowest BCUT2D eigenvalue weighted by Gasteiger charge is -2.20. The van der Waals surface area contributed by atoms with Crippen LogP contribution in [-0.2, 0) is 27.3 Å². The molecular weight excluding hydrogens is 324 g/mol. The van der Waals surface area contributed by atoms with Crippen LogP contribution in [0.15, 0.2) is 60.7 Å². The fraction of sp³-hybridized carbons (Fsp3) is 0.435. The number of benzene rings is 2. The van der Waals surface area contributed by atoms with E-state index in [2.05, 4.69) is 31.2 Å². The van der Waals surface area contributed by atoms with Crippen molar-refractivity contribution >= 4 is 5.97 Å². The number of carbonyl (C=O) groups is 1. The molecule has 0 fully saturated rings. The molecule has 0 radical (unpaired) electrons. The van der Waals surface area contributed by atoms with Gasteiger partial charge in [0.2, 0.25) is 0 Å². The standard InChI is InChI=1S/C23H30O3/c1-3-26-23(24)22(15-14-20-10-6-4-7-11-20)16-19(2)17-25-18-21-12-8-5-9-13-21/h4-13,19,22H,3,14-18H2,1-2H3/t19-,22-/m1/s1. The summed E-state index contributed by atoms with van der Waals surface area (Å²) in [7, 11) is 0. The number of rotatable bonds is 11. The van der Waals surface area contributed by atoms with Crippen LogP contribution in [0.4, 0.5) is 0 Å². The number of aryl methyl sites for hydroxylation is 1. The van der Waals surface area contributed by atoms with E-state index in [4.69, 9.17) is 9.47 Å².